The molecule has 0 saturated carbocycles. The summed E-state index contributed by atoms with van der Waals surface area (Å²) >= 11 is 0. The molecule has 0 aliphatic heterocycles. The first-order valence-electron chi connectivity index (χ1n) is 3.72. The number of rotatable bonds is 5. The Kier molecular flexibility index (Phi) is 4.25. The van der Waals surface area contributed by atoms with E-state index in [-0.39, 0.29) is 12.8 Å². The van der Waals surface area contributed by atoms with Crippen molar-refractivity contribution in [3.63, 3.8) is 0 Å². The third-order valence-corrected chi connectivity index (χ3v) is 1.55. The maximum Gasteiger partial charge on any atom is 0.223 e. The van der Waals surface area contributed by atoms with Gasteiger partial charge in [0.25, 0.3) is 0 Å². The summed E-state index contributed by atoms with van der Waals surface area (Å²) in [5.74, 6) is -2.69. The van der Waals surface area contributed by atoms with Crippen LogP contribution in [0.5, 0.6) is 0 Å². The van der Waals surface area contributed by atoms with Gasteiger partial charge in [-0.05, 0) is 13.0 Å². The van der Waals surface area contributed by atoms with Crippen LogP contribution in [0.4, 0.5) is 0 Å². The number of Topliss-reactive ketones (excluding diaryl/α,β-unsaturated/α-hetero) is 1. The van der Waals surface area contributed by atoms with E-state index in [1.807, 2.05) is 0 Å². The molecule has 0 saturated heterocycles. The highest BCUT2D eigenvalue weighted by molar-refractivity contribution is 5.85. The first-order chi connectivity index (χ1) is 5.04. The van der Waals surface area contributed by atoms with Gasteiger partial charge in [-0.3, -0.25) is 4.79 Å². The SMILES string of the molecule is CCC(O)(O)C(=O)CCCN. The lowest BCUT2D eigenvalue weighted by Gasteiger charge is -2.17. The molecule has 0 radical (unpaired) electrons. The molecule has 0 aromatic heterocycles. The van der Waals surface area contributed by atoms with Crippen LogP contribution in [-0.4, -0.2) is 28.3 Å². The van der Waals surface area contributed by atoms with E-state index in [0.29, 0.717) is 13.0 Å². The van der Waals surface area contributed by atoms with Crippen LogP contribution in [0.25, 0.3) is 0 Å². The second-order valence-electron chi connectivity index (χ2n) is 2.49. The summed E-state index contributed by atoms with van der Waals surface area (Å²) in [6.45, 7) is 1.94. The fourth-order valence-corrected chi connectivity index (χ4v) is 0.660. The van der Waals surface area contributed by atoms with Crippen molar-refractivity contribution in [1.82, 2.24) is 0 Å². The Morgan fingerprint density at radius 1 is 1.55 bits per heavy atom. The van der Waals surface area contributed by atoms with E-state index in [2.05, 4.69) is 0 Å². The van der Waals surface area contributed by atoms with E-state index in [1.54, 1.807) is 6.92 Å². The largest absolute Gasteiger partial charge is 0.360 e. The van der Waals surface area contributed by atoms with Crippen molar-refractivity contribution in [3.05, 3.63) is 0 Å². The fourth-order valence-electron chi connectivity index (χ4n) is 0.660. The van der Waals surface area contributed by atoms with Crippen LogP contribution in [0.15, 0.2) is 0 Å². The van der Waals surface area contributed by atoms with E-state index in [1.165, 1.54) is 0 Å². The number of nitrogens with two attached hydrogens (primary N) is 1. The van der Waals surface area contributed by atoms with E-state index < -0.39 is 11.6 Å². The van der Waals surface area contributed by atoms with Gasteiger partial charge in [0.15, 0.2) is 5.78 Å². The standard InChI is InChI=1S/C7H15NO3/c1-2-7(10,11)6(9)4-3-5-8/h10-11H,2-5,8H2,1H3. The van der Waals surface area contributed by atoms with E-state index in [0.717, 1.165) is 0 Å². The topological polar surface area (TPSA) is 83.5 Å². The van der Waals surface area contributed by atoms with Crippen molar-refractivity contribution in [2.24, 2.45) is 5.73 Å². The third-order valence-electron chi connectivity index (χ3n) is 1.55. The van der Waals surface area contributed by atoms with Crippen molar-refractivity contribution >= 4 is 5.78 Å². The fraction of sp³-hybridized carbons (Fsp3) is 0.857. The number of hydrogen-bond donors (Lipinski definition) is 3. The molecule has 0 spiro atoms. The van der Waals surface area contributed by atoms with Gasteiger partial charge < -0.3 is 15.9 Å². The van der Waals surface area contributed by atoms with Crippen LogP contribution in [0.2, 0.25) is 0 Å². The van der Waals surface area contributed by atoms with Gasteiger partial charge in [0.2, 0.25) is 5.79 Å². The van der Waals surface area contributed by atoms with Crippen LogP contribution >= 0.6 is 0 Å². The van der Waals surface area contributed by atoms with Crippen LogP contribution in [0.3, 0.4) is 0 Å². The molecule has 0 aliphatic rings. The molecule has 0 atom stereocenters. The molecule has 66 valence electrons. The molecule has 4 nitrogen and oxygen atoms in total. The highest BCUT2D eigenvalue weighted by Gasteiger charge is 2.29. The Balaban J connectivity index is 3.82. The van der Waals surface area contributed by atoms with E-state index in [4.69, 9.17) is 15.9 Å². The number of carbonyl (C=O) groups excluding carboxylic acids is 1. The monoisotopic (exact) mass is 161 g/mol. The highest BCUT2D eigenvalue weighted by Crippen LogP contribution is 2.09. The van der Waals surface area contributed by atoms with Gasteiger partial charge in [-0.2, -0.15) is 0 Å². The minimum atomic E-state index is -2.14. The Hall–Kier alpha value is -0.450. The molecular formula is C7H15NO3. The summed E-state index contributed by atoms with van der Waals surface area (Å²) in [7, 11) is 0. The van der Waals surface area contributed by atoms with Crippen molar-refractivity contribution in [2.45, 2.75) is 32.0 Å². The number of hydrogen-bond acceptors (Lipinski definition) is 4. The van der Waals surface area contributed by atoms with Crippen molar-refractivity contribution in [2.75, 3.05) is 6.54 Å². The van der Waals surface area contributed by atoms with Gasteiger partial charge in [0, 0.05) is 12.8 Å². The second kappa shape index (κ2) is 4.43. The molecule has 0 aromatic rings. The Morgan fingerprint density at radius 3 is 2.45 bits per heavy atom. The van der Waals surface area contributed by atoms with Gasteiger partial charge in [0.05, 0.1) is 0 Å². The zero-order valence-electron chi connectivity index (χ0n) is 6.71. The normalized spacial score (nSPS) is 11.6. The van der Waals surface area contributed by atoms with Gasteiger partial charge in [-0.15, -0.1) is 0 Å². The lowest BCUT2D eigenvalue weighted by Crippen LogP contribution is -2.37. The predicted molar refractivity (Wildman–Crippen MR) is 40.8 cm³/mol. The summed E-state index contributed by atoms with van der Waals surface area (Å²) in [4.78, 5) is 10.9. The molecule has 0 aromatic carbocycles. The Bertz CT molecular complexity index is 134. The first kappa shape index (κ1) is 10.6. The number of aliphatic hydroxyl groups is 2. The number of carbonyl (C=O) groups is 1. The van der Waals surface area contributed by atoms with E-state index >= 15 is 0 Å². The lowest BCUT2D eigenvalue weighted by atomic mass is 10.1. The lowest BCUT2D eigenvalue weighted by molar-refractivity contribution is -0.183. The molecule has 11 heavy (non-hydrogen) atoms. The zero-order valence-corrected chi connectivity index (χ0v) is 6.71. The van der Waals surface area contributed by atoms with Gasteiger partial charge >= 0.3 is 0 Å². The molecule has 0 fully saturated rings. The van der Waals surface area contributed by atoms with Crippen molar-refractivity contribution < 1.29 is 15.0 Å². The van der Waals surface area contributed by atoms with Crippen LogP contribution in [0.1, 0.15) is 26.2 Å². The molecule has 0 heterocycles. The molecule has 0 rings (SSSR count). The Labute approximate surface area is 66.0 Å². The first-order valence-corrected chi connectivity index (χ1v) is 3.72. The molecule has 4 N–H and O–H groups in total. The Morgan fingerprint density at radius 2 is 2.09 bits per heavy atom. The molecule has 0 unspecified atom stereocenters. The van der Waals surface area contributed by atoms with Crippen molar-refractivity contribution in [3.8, 4) is 0 Å². The number of ketones is 1. The van der Waals surface area contributed by atoms with Crippen LogP contribution in [0, 0.1) is 0 Å². The average molecular weight is 161 g/mol. The highest BCUT2D eigenvalue weighted by atomic mass is 16.5. The van der Waals surface area contributed by atoms with E-state index in [9.17, 15) is 4.79 Å². The van der Waals surface area contributed by atoms with Crippen LogP contribution < -0.4 is 5.73 Å². The average Bonchev–Trinajstić information content (AvgIpc) is 2.00. The second-order valence-corrected chi connectivity index (χ2v) is 2.49. The van der Waals surface area contributed by atoms with Crippen LogP contribution in [-0.2, 0) is 4.79 Å². The molecule has 0 amide bonds. The van der Waals surface area contributed by atoms with Crippen molar-refractivity contribution in [1.29, 1.82) is 0 Å². The summed E-state index contributed by atoms with van der Waals surface area (Å²) in [6.07, 6.45) is 0.662. The summed E-state index contributed by atoms with van der Waals surface area (Å²) in [5, 5.41) is 18.0. The zero-order chi connectivity index (χ0) is 8.91. The van der Waals surface area contributed by atoms with Gasteiger partial charge in [-0.25, -0.2) is 0 Å². The summed E-state index contributed by atoms with van der Waals surface area (Å²) < 4.78 is 0. The molecular weight excluding hydrogens is 146 g/mol. The predicted octanol–water partition coefficient (Wildman–Crippen LogP) is -0.615. The third kappa shape index (κ3) is 3.46. The van der Waals surface area contributed by atoms with Gasteiger partial charge in [-0.1, -0.05) is 6.92 Å². The van der Waals surface area contributed by atoms with Gasteiger partial charge in [0.1, 0.15) is 0 Å². The molecule has 4 heteroatoms. The minimum Gasteiger partial charge on any atom is -0.360 e. The maximum atomic E-state index is 10.9. The maximum absolute atomic E-state index is 10.9. The molecule has 0 bridgehead atoms. The smallest absolute Gasteiger partial charge is 0.223 e. The summed E-state index contributed by atoms with van der Waals surface area (Å²) in [6, 6.07) is 0. The minimum absolute atomic E-state index is 0.0242. The molecule has 0 aliphatic carbocycles. The summed E-state index contributed by atoms with van der Waals surface area (Å²) in [5.41, 5.74) is 5.15. The quantitative estimate of drug-likeness (QED) is 0.469.